The van der Waals surface area contributed by atoms with E-state index in [1.807, 2.05) is 0 Å². The summed E-state index contributed by atoms with van der Waals surface area (Å²) in [5.41, 5.74) is 18.8. The molecule has 0 aliphatic heterocycles. The Morgan fingerprint density at radius 1 is 0.309 bits per heavy atom. The highest BCUT2D eigenvalue weighted by Gasteiger charge is 2.51. The summed E-state index contributed by atoms with van der Waals surface area (Å²) in [5, 5.41) is 5.40. The molecule has 1 aromatic heterocycles. The molecule has 1 heteroatoms. The summed E-state index contributed by atoms with van der Waals surface area (Å²) >= 11 is 0. The third-order valence-corrected chi connectivity index (χ3v) is 13.2. The Bertz CT molecular complexity index is 3200. The van der Waals surface area contributed by atoms with E-state index in [9.17, 15) is 0 Å². The first-order chi connectivity index (χ1) is 27.3. The Morgan fingerprint density at radius 3 is 1.53 bits per heavy atom. The lowest BCUT2D eigenvalue weighted by molar-refractivity contribution is 0.768. The molecule has 1 unspecified atom stereocenters. The van der Waals surface area contributed by atoms with Crippen LogP contribution in [-0.4, -0.2) is 4.57 Å². The van der Waals surface area contributed by atoms with Crippen LogP contribution < -0.4 is 0 Å². The highest BCUT2D eigenvalue weighted by Crippen LogP contribution is 2.64. The zero-order valence-corrected chi connectivity index (χ0v) is 30.0. The topological polar surface area (TPSA) is 4.93 Å². The van der Waals surface area contributed by atoms with Gasteiger partial charge < -0.3 is 4.57 Å². The van der Waals surface area contributed by atoms with Crippen molar-refractivity contribution in [2.75, 3.05) is 0 Å². The van der Waals surface area contributed by atoms with Crippen LogP contribution in [0.5, 0.6) is 0 Å². The van der Waals surface area contributed by atoms with E-state index < -0.39 is 10.8 Å². The summed E-state index contributed by atoms with van der Waals surface area (Å²) in [7, 11) is 0. The second-order valence-corrected chi connectivity index (χ2v) is 15.5. The predicted octanol–water partition coefficient (Wildman–Crippen LogP) is 13.0. The van der Waals surface area contributed by atoms with Crippen LogP contribution >= 0.6 is 0 Å². The first-order valence-corrected chi connectivity index (χ1v) is 19.4. The van der Waals surface area contributed by atoms with Crippen molar-refractivity contribution in [2.24, 2.45) is 0 Å². The first-order valence-electron chi connectivity index (χ1n) is 19.4. The molecule has 0 saturated heterocycles. The summed E-state index contributed by atoms with van der Waals surface area (Å²) in [6, 6.07) is 75.4. The fourth-order valence-corrected chi connectivity index (χ4v) is 11.4. The Labute approximate surface area is 319 Å². The molecule has 0 bridgehead atoms. The molecule has 0 saturated carbocycles. The minimum atomic E-state index is -0.427. The molecule has 1 nitrogen and oxygen atoms in total. The number of fused-ring (bicyclic) bond motifs is 7. The van der Waals surface area contributed by atoms with Gasteiger partial charge in [0, 0.05) is 16.5 Å². The van der Waals surface area contributed by atoms with E-state index in [0.717, 1.165) is 0 Å². The van der Waals surface area contributed by atoms with Crippen LogP contribution in [0.25, 0.3) is 60.5 Å². The maximum atomic E-state index is 2.55. The van der Waals surface area contributed by atoms with Crippen molar-refractivity contribution in [2.45, 2.75) is 10.8 Å². The van der Waals surface area contributed by atoms with Gasteiger partial charge in [0.15, 0.2) is 0 Å². The number of hydrogen-bond donors (Lipinski definition) is 0. The minimum absolute atomic E-state index is 0.415. The van der Waals surface area contributed by atoms with E-state index in [0.29, 0.717) is 0 Å². The Hall–Kier alpha value is -6.96. The minimum Gasteiger partial charge on any atom is -0.309 e. The highest BCUT2D eigenvalue weighted by atomic mass is 15.0. The summed E-state index contributed by atoms with van der Waals surface area (Å²) in [4.78, 5) is 0. The fourth-order valence-electron chi connectivity index (χ4n) is 11.4. The van der Waals surface area contributed by atoms with E-state index in [1.54, 1.807) is 0 Å². The molecule has 1 heterocycles. The van der Waals surface area contributed by atoms with Gasteiger partial charge in [-0.25, -0.2) is 0 Å². The average Bonchev–Trinajstić information content (AvgIpc) is 3.87. The number of rotatable bonds is 4. The van der Waals surface area contributed by atoms with Gasteiger partial charge in [-0.2, -0.15) is 0 Å². The zero-order chi connectivity index (χ0) is 35.9. The van der Waals surface area contributed by atoms with Crippen LogP contribution in [0, 0.1) is 0 Å². The smallest absolute Gasteiger partial charge is 0.0726 e. The molecular formula is C54H33N. The molecule has 0 radical (unpaired) electrons. The normalized spacial score (nSPS) is 16.6. The van der Waals surface area contributed by atoms with Crippen LogP contribution in [0.4, 0.5) is 0 Å². The summed E-state index contributed by atoms with van der Waals surface area (Å²) in [6.07, 6.45) is 0. The fraction of sp³-hybridized carbons (Fsp3) is 0.0370. The second kappa shape index (κ2) is 10.4. The Balaban J connectivity index is 1.16. The number of hydrogen-bond acceptors (Lipinski definition) is 0. The van der Waals surface area contributed by atoms with Gasteiger partial charge in [-0.3, -0.25) is 0 Å². The summed E-state index contributed by atoms with van der Waals surface area (Å²) in [5.74, 6) is 0. The van der Waals surface area contributed by atoms with E-state index in [4.69, 9.17) is 0 Å². The standard InChI is InChI=1S/C54H33N/c1-4-16-35(17-5-1)53(36-18-6-2-7-19-36)43-24-12-11-23-40(43)42-33-38(28-30-45(42)53)55-47-31-27-34-15-14-26-46-49(34)50(47)51-48(55)32-29-41-39-22-10-13-25-44(39)54(46,52(41)51)37-20-8-3-9-21-37/h1-33H. The maximum absolute atomic E-state index is 2.55. The van der Waals surface area contributed by atoms with Crippen LogP contribution in [0.3, 0.4) is 0 Å². The van der Waals surface area contributed by atoms with E-state index >= 15 is 0 Å². The maximum Gasteiger partial charge on any atom is 0.0726 e. The third-order valence-electron chi connectivity index (χ3n) is 13.2. The van der Waals surface area contributed by atoms with Crippen molar-refractivity contribution >= 4 is 32.6 Å². The predicted molar refractivity (Wildman–Crippen MR) is 226 cm³/mol. The molecule has 3 aliphatic rings. The largest absolute Gasteiger partial charge is 0.309 e. The molecule has 55 heavy (non-hydrogen) atoms. The van der Waals surface area contributed by atoms with Gasteiger partial charge in [0.05, 0.1) is 21.9 Å². The van der Waals surface area contributed by atoms with E-state index in [1.165, 1.54) is 105 Å². The van der Waals surface area contributed by atoms with Crippen molar-refractivity contribution in [3.63, 3.8) is 0 Å². The van der Waals surface area contributed by atoms with Gasteiger partial charge in [-0.15, -0.1) is 0 Å². The van der Waals surface area contributed by atoms with Gasteiger partial charge in [-0.1, -0.05) is 176 Å². The lowest BCUT2D eigenvalue weighted by Crippen LogP contribution is -2.30. The Kier molecular flexibility index (Phi) is 5.56. The van der Waals surface area contributed by atoms with E-state index in [-0.39, 0.29) is 0 Å². The molecule has 3 aliphatic carbocycles. The molecule has 0 N–H and O–H groups in total. The first kappa shape index (κ1) is 29.5. The molecule has 9 aromatic carbocycles. The van der Waals surface area contributed by atoms with Gasteiger partial charge in [0.2, 0.25) is 0 Å². The summed E-state index contributed by atoms with van der Waals surface area (Å²) in [6.45, 7) is 0. The van der Waals surface area contributed by atoms with Crippen molar-refractivity contribution in [3.8, 4) is 27.9 Å². The van der Waals surface area contributed by atoms with Gasteiger partial charge in [0.1, 0.15) is 0 Å². The number of benzene rings is 9. The van der Waals surface area contributed by atoms with Crippen LogP contribution in [0.2, 0.25) is 0 Å². The number of nitrogens with zero attached hydrogens (tertiary/aromatic N) is 1. The average molecular weight is 696 g/mol. The monoisotopic (exact) mass is 695 g/mol. The third kappa shape index (κ3) is 3.38. The molecule has 254 valence electrons. The van der Waals surface area contributed by atoms with Gasteiger partial charge in [0.25, 0.3) is 0 Å². The molecule has 0 amide bonds. The molecule has 10 aromatic rings. The second-order valence-electron chi connectivity index (χ2n) is 15.5. The molecule has 0 spiro atoms. The molecule has 13 rings (SSSR count). The van der Waals surface area contributed by atoms with Crippen LogP contribution in [0.1, 0.15) is 44.5 Å². The lowest BCUT2D eigenvalue weighted by atomic mass is 9.63. The lowest BCUT2D eigenvalue weighted by Gasteiger charge is -2.37. The quantitative estimate of drug-likeness (QED) is 0.173. The van der Waals surface area contributed by atoms with E-state index in [2.05, 4.69) is 205 Å². The summed E-state index contributed by atoms with van der Waals surface area (Å²) < 4.78 is 2.55. The van der Waals surface area contributed by atoms with Crippen molar-refractivity contribution in [3.05, 3.63) is 245 Å². The SMILES string of the molecule is c1ccc(C2(c3ccccc3)c3ccccc3-c3cc(-n4c5ccc6c7c5c5c8c(cccc8ccc54)C7(c4ccccc4)c4ccccc4-6)ccc32)cc1. The van der Waals surface area contributed by atoms with Crippen LogP contribution in [0.15, 0.2) is 200 Å². The van der Waals surface area contributed by atoms with Crippen molar-refractivity contribution < 1.29 is 0 Å². The van der Waals surface area contributed by atoms with Gasteiger partial charge >= 0.3 is 0 Å². The molecule has 0 fully saturated rings. The number of aromatic nitrogens is 1. The van der Waals surface area contributed by atoms with Crippen molar-refractivity contribution in [1.82, 2.24) is 4.57 Å². The van der Waals surface area contributed by atoms with Gasteiger partial charge in [-0.05, 0) is 102 Å². The highest BCUT2D eigenvalue weighted by molar-refractivity contribution is 6.28. The van der Waals surface area contributed by atoms with Crippen LogP contribution in [-0.2, 0) is 10.8 Å². The zero-order valence-electron chi connectivity index (χ0n) is 30.0. The Morgan fingerprint density at radius 2 is 0.836 bits per heavy atom. The van der Waals surface area contributed by atoms with Crippen molar-refractivity contribution in [1.29, 1.82) is 0 Å². The molecular weight excluding hydrogens is 663 g/mol. The molecule has 1 atom stereocenters.